The minimum atomic E-state index is -0.215. The SMILES string of the molecule is Nc1nc(C2(c3ccccc3)CCN(C(=O)c3cnco3)CC2)cs1. The van der Waals surface area contributed by atoms with Gasteiger partial charge in [-0.25, -0.2) is 9.97 Å². The lowest BCUT2D eigenvalue weighted by atomic mass is 9.70. The smallest absolute Gasteiger partial charge is 0.291 e. The number of rotatable bonds is 3. The van der Waals surface area contributed by atoms with Gasteiger partial charge in [0, 0.05) is 23.9 Å². The van der Waals surface area contributed by atoms with E-state index in [-0.39, 0.29) is 17.1 Å². The van der Waals surface area contributed by atoms with E-state index in [1.165, 1.54) is 29.5 Å². The Morgan fingerprint density at radius 3 is 2.60 bits per heavy atom. The first kappa shape index (κ1) is 15.8. The second-order valence-electron chi connectivity index (χ2n) is 6.18. The molecule has 1 aliphatic heterocycles. The maximum absolute atomic E-state index is 12.5. The predicted molar refractivity (Wildman–Crippen MR) is 95.4 cm³/mol. The summed E-state index contributed by atoms with van der Waals surface area (Å²) >= 11 is 1.46. The van der Waals surface area contributed by atoms with Gasteiger partial charge in [-0.1, -0.05) is 30.3 Å². The fraction of sp³-hybridized carbons (Fsp3) is 0.278. The molecule has 0 aliphatic carbocycles. The number of hydrogen-bond donors (Lipinski definition) is 1. The van der Waals surface area contributed by atoms with Gasteiger partial charge in [-0.15, -0.1) is 11.3 Å². The number of amides is 1. The monoisotopic (exact) mass is 354 g/mol. The Kier molecular flexibility index (Phi) is 4.01. The van der Waals surface area contributed by atoms with Crippen molar-refractivity contribution in [1.29, 1.82) is 0 Å². The van der Waals surface area contributed by atoms with Gasteiger partial charge in [-0.05, 0) is 18.4 Å². The van der Waals surface area contributed by atoms with Crippen LogP contribution in [0.5, 0.6) is 0 Å². The molecule has 25 heavy (non-hydrogen) atoms. The number of thiazole rings is 1. The molecule has 3 heterocycles. The van der Waals surface area contributed by atoms with E-state index < -0.39 is 0 Å². The third-order valence-electron chi connectivity index (χ3n) is 4.89. The molecule has 128 valence electrons. The van der Waals surface area contributed by atoms with Crippen LogP contribution in [0.15, 0.2) is 52.7 Å². The fourth-order valence-electron chi connectivity index (χ4n) is 3.53. The van der Waals surface area contributed by atoms with E-state index in [2.05, 4.69) is 22.1 Å². The first-order valence-electron chi connectivity index (χ1n) is 8.14. The highest BCUT2D eigenvalue weighted by Crippen LogP contribution is 2.42. The number of nitrogen functional groups attached to an aromatic ring is 1. The minimum Gasteiger partial charge on any atom is -0.438 e. The van der Waals surface area contributed by atoms with E-state index in [0.29, 0.717) is 18.2 Å². The summed E-state index contributed by atoms with van der Waals surface area (Å²) < 4.78 is 5.14. The van der Waals surface area contributed by atoms with Gasteiger partial charge in [0.25, 0.3) is 5.91 Å². The number of anilines is 1. The molecular weight excluding hydrogens is 336 g/mol. The Morgan fingerprint density at radius 1 is 1.24 bits per heavy atom. The molecule has 1 aliphatic rings. The van der Waals surface area contributed by atoms with Crippen LogP contribution in [0.2, 0.25) is 0 Å². The standard InChI is InChI=1S/C18H18N4O2S/c19-17-21-15(11-25-17)18(13-4-2-1-3-5-13)6-8-22(9-7-18)16(23)14-10-20-12-24-14/h1-5,10-12H,6-9H2,(H2,19,21). The molecule has 0 bridgehead atoms. The van der Waals surface area contributed by atoms with Crippen LogP contribution in [0, 0.1) is 0 Å². The molecule has 1 amide bonds. The van der Waals surface area contributed by atoms with Gasteiger partial charge in [-0.3, -0.25) is 4.79 Å². The van der Waals surface area contributed by atoms with Gasteiger partial charge in [0.2, 0.25) is 5.76 Å². The van der Waals surface area contributed by atoms with Crippen molar-refractivity contribution in [3.63, 3.8) is 0 Å². The van der Waals surface area contributed by atoms with Crippen LogP contribution in [0.1, 0.15) is 34.7 Å². The molecule has 1 aromatic carbocycles. The van der Waals surface area contributed by atoms with E-state index in [1.54, 1.807) is 0 Å². The Bertz CT molecular complexity index is 852. The molecular formula is C18H18N4O2S. The number of nitrogens with zero attached hydrogens (tertiary/aromatic N) is 3. The van der Waals surface area contributed by atoms with Crippen LogP contribution in [-0.4, -0.2) is 33.9 Å². The summed E-state index contributed by atoms with van der Waals surface area (Å²) in [4.78, 5) is 22.7. The molecule has 7 heteroatoms. The van der Waals surface area contributed by atoms with E-state index in [9.17, 15) is 4.79 Å². The van der Waals surface area contributed by atoms with Gasteiger partial charge in [0.15, 0.2) is 11.5 Å². The van der Waals surface area contributed by atoms with Crippen LogP contribution >= 0.6 is 11.3 Å². The molecule has 0 atom stereocenters. The third kappa shape index (κ3) is 2.80. The summed E-state index contributed by atoms with van der Waals surface area (Å²) in [6, 6.07) is 10.3. The summed E-state index contributed by atoms with van der Waals surface area (Å²) in [7, 11) is 0. The largest absolute Gasteiger partial charge is 0.438 e. The average molecular weight is 354 g/mol. The first-order chi connectivity index (χ1) is 12.2. The number of benzene rings is 1. The van der Waals surface area contributed by atoms with Crippen LogP contribution < -0.4 is 5.73 Å². The van der Waals surface area contributed by atoms with Gasteiger partial charge >= 0.3 is 0 Å². The number of carbonyl (C=O) groups excluding carboxylic acids is 1. The van der Waals surface area contributed by atoms with Crippen molar-refractivity contribution in [2.75, 3.05) is 18.8 Å². The van der Waals surface area contributed by atoms with E-state index in [0.717, 1.165) is 18.5 Å². The second kappa shape index (κ2) is 6.33. The Morgan fingerprint density at radius 2 is 2.00 bits per heavy atom. The molecule has 2 aromatic heterocycles. The highest BCUT2D eigenvalue weighted by atomic mass is 32.1. The maximum Gasteiger partial charge on any atom is 0.291 e. The molecule has 0 radical (unpaired) electrons. The Hall–Kier alpha value is -2.67. The highest BCUT2D eigenvalue weighted by Gasteiger charge is 2.41. The van der Waals surface area contributed by atoms with Crippen molar-refractivity contribution in [3.05, 3.63) is 65.3 Å². The van der Waals surface area contributed by atoms with Crippen LogP contribution in [0.4, 0.5) is 5.13 Å². The molecule has 6 nitrogen and oxygen atoms in total. The number of oxazole rings is 1. The van der Waals surface area contributed by atoms with Crippen molar-refractivity contribution >= 4 is 22.4 Å². The predicted octanol–water partition coefficient (Wildman–Crippen LogP) is 2.94. The number of aromatic nitrogens is 2. The lowest BCUT2D eigenvalue weighted by Crippen LogP contribution is -2.45. The van der Waals surface area contributed by atoms with Crippen molar-refractivity contribution in [3.8, 4) is 0 Å². The normalized spacial score (nSPS) is 16.7. The molecule has 0 spiro atoms. The lowest BCUT2D eigenvalue weighted by molar-refractivity contribution is 0.0652. The van der Waals surface area contributed by atoms with E-state index >= 15 is 0 Å². The van der Waals surface area contributed by atoms with Crippen LogP contribution in [0.3, 0.4) is 0 Å². The minimum absolute atomic E-state index is 0.114. The second-order valence-corrected chi connectivity index (χ2v) is 7.07. The van der Waals surface area contributed by atoms with Crippen molar-refractivity contribution < 1.29 is 9.21 Å². The molecule has 4 rings (SSSR count). The quantitative estimate of drug-likeness (QED) is 0.781. The Balaban J connectivity index is 1.63. The Labute approximate surface area is 149 Å². The summed E-state index contributed by atoms with van der Waals surface area (Å²) in [5.74, 6) is 0.169. The molecule has 0 unspecified atom stereocenters. The number of piperidine rings is 1. The molecule has 1 saturated heterocycles. The van der Waals surface area contributed by atoms with Gasteiger partial charge < -0.3 is 15.1 Å². The summed E-state index contributed by atoms with van der Waals surface area (Å²) in [5, 5.41) is 2.61. The third-order valence-corrected chi connectivity index (χ3v) is 5.56. The molecule has 2 N–H and O–H groups in total. The number of hydrogen-bond acceptors (Lipinski definition) is 6. The first-order valence-corrected chi connectivity index (χ1v) is 9.02. The zero-order valence-corrected chi connectivity index (χ0v) is 14.4. The van der Waals surface area contributed by atoms with Gasteiger partial charge in [0.05, 0.1) is 11.9 Å². The summed E-state index contributed by atoms with van der Waals surface area (Å²) in [6.45, 7) is 1.26. The van der Waals surface area contributed by atoms with Gasteiger partial charge in [0.1, 0.15) is 0 Å². The van der Waals surface area contributed by atoms with E-state index in [1.807, 2.05) is 28.5 Å². The van der Waals surface area contributed by atoms with Crippen molar-refractivity contribution in [1.82, 2.24) is 14.9 Å². The molecule has 1 fully saturated rings. The van der Waals surface area contributed by atoms with Crippen LogP contribution in [-0.2, 0) is 5.41 Å². The fourth-order valence-corrected chi connectivity index (χ4v) is 4.19. The molecule has 0 saturated carbocycles. The molecule has 3 aromatic rings. The highest BCUT2D eigenvalue weighted by molar-refractivity contribution is 7.13. The van der Waals surface area contributed by atoms with E-state index in [4.69, 9.17) is 10.2 Å². The van der Waals surface area contributed by atoms with Crippen molar-refractivity contribution in [2.45, 2.75) is 18.3 Å². The van der Waals surface area contributed by atoms with Gasteiger partial charge in [-0.2, -0.15) is 0 Å². The average Bonchev–Trinajstić information content (AvgIpc) is 3.34. The summed E-state index contributed by atoms with van der Waals surface area (Å²) in [6.07, 6.45) is 4.33. The number of nitrogens with two attached hydrogens (primary N) is 1. The zero-order valence-electron chi connectivity index (χ0n) is 13.6. The summed E-state index contributed by atoms with van der Waals surface area (Å²) in [5.41, 5.74) is 7.88. The number of carbonyl (C=O) groups is 1. The lowest BCUT2D eigenvalue weighted by Gasteiger charge is -2.41. The zero-order chi connectivity index (χ0) is 17.3. The van der Waals surface area contributed by atoms with Crippen molar-refractivity contribution in [2.24, 2.45) is 0 Å². The number of likely N-dealkylation sites (tertiary alicyclic amines) is 1. The maximum atomic E-state index is 12.5. The van der Waals surface area contributed by atoms with Crippen LogP contribution in [0.25, 0.3) is 0 Å². The topological polar surface area (TPSA) is 85.2 Å².